The summed E-state index contributed by atoms with van der Waals surface area (Å²) in [6.45, 7) is 6.99. The Labute approximate surface area is 185 Å². The van der Waals surface area contributed by atoms with Crippen molar-refractivity contribution in [2.45, 2.75) is 76.0 Å². The number of piperidine rings is 1. The average Bonchev–Trinajstić information content (AvgIpc) is 2.78. The second-order valence-electron chi connectivity index (χ2n) is 8.92. The molecule has 0 bridgehead atoms. The summed E-state index contributed by atoms with van der Waals surface area (Å²) in [5.41, 5.74) is 2.10. The number of carbonyl (C=O) groups excluding carboxylic acids is 2. The van der Waals surface area contributed by atoms with Crippen molar-refractivity contribution < 1.29 is 9.59 Å². The quantitative estimate of drug-likeness (QED) is 0.642. The van der Waals surface area contributed by atoms with Gasteiger partial charge in [-0.2, -0.15) is 0 Å². The van der Waals surface area contributed by atoms with Crippen molar-refractivity contribution in [3.8, 4) is 0 Å². The van der Waals surface area contributed by atoms with Crippen LogP contribution in [-0.2, 0) is 9.59 Å². The molecule has 1 aromatic rings. The first kappa shape index (κ1) is 23.1. The highest BCUT2D eigenvalue weighted by Gasteiger charge is 2.38. The van der Waals surface area contributed by atoms with Crippen molar-refractivity contribution in [1.29, 1.82) is 0 Å². The number of aryl methyl sites for hydroxylation is 1. The minimum absolute atomic E-state index is 0.0464. The molecule has 166 valence electrons. The summed E-state index contributed by atoms with van der Waals surface area (Å²) >= 11 is 1.40. The summed E-state index contributed by atoms with van der Waals surface area (Å²) in [4.78, 5) is 27.6. The number of anilines is 1. The van der Waals surface area contributed by atoms with E-state index in [-0.39, 0.29) is 28.4 Å². The number of carbonyl (C=O) groups is 2. The van der Waals surface area contributed by atoms with Crippen molar-refractivity contribution in [2.24, 2.45) is 0 Å². The van der Waals surface area contributed by atoms with E-state index in [9.17, 15) is 9.59 Å². The van der Waals surface area contributed by atoms with Gasteiger partial charge in [0.15, 0.2) is 0 Å². The fourth-order valence-corrected chi connectivity index (χ4v) is 5.40. The highest BCUT2D eigenvalue weighted by Crippen LogP contribution is 2.35. The van der Waals surface area contributed by atoms with Crippen LogP contribution in [0.4, 0.5) is 5.69 Å². The largest absolute Gasteiger partial charge is 0.353 e. The van der Waals surface area contributed by atoms with Crippen LogP contribution in [0.15, 0.2) is 24.3 Å². The van der Waals surface area contributed by atoms with E-state index in [2.05, 4.69) is 15.5 Å². The van der Waals surface area contributed by atoms with Gasteiger partial charge in [0.05, 0.1) is 11.0 Å². The van der Waals surface area contributed by atoms with Crippen molar-refractivity contribution in [2.75, 3.05) is 30.7 Å². The summed E-state index contributed by atoms with van der Waals surface area (Å²) in [6, 6.07) is 7.75. The molecule has 2 aliphatic rings. The van der Waals surface area contributed by atoms with Crippen LogP contribution >= 0.6 is 11.8 Å². The van der Waals surface area contributed by atoms with Crippen LogP contribution in [-0.4, -0.2) is 52.9 Å². The Bertz CT molecular complexity index is 695. The summed E-state index contributed by atoms with van der Waals surface area (Å²) in [5, 5.41) is 5.89. The van der Waals surface area contributed by atoms with Crippen LogP contribution in [0.1, 0.15) is 63.9 Å². The molecule has 2 fully saturated rings. The molecule has 5 nitrogen and oxygen atoms in total. The molecular formula is C24H37N3O2S. The molecule has 1 saturated heterocycles. The van der Waals surface area contributed by atoms with Gasteiger partial charge in [0.1, 0.15) is 0 Å². The maximum absolute atomic E-state index is 12.7. The van der Waals surface area contributed by atoms with Gasteiger partial charge in [-0.05, 0) is 64.8 Å². The van der Waals surface area contributed by atoms with Crippen molar-refractivity contribution in [3.05, 3.63) is 29.8 Å². The molecule has 2 N–H and O–H groups in total. The molecule has 2 amide bonds. The Hall–Kier alpha value is -1.53. The molecule has 1 aliphatic carbocycles. The number of thioether (sulfide) groups is 1. The summed E-state index contributed by atoms with van der Waals surface area (Å²) in [7, 11) is 0. The van der Waals surface area contributed by atoms with Crippen LogP contribution in [0.25, 0.3) is 0 Å². The predicted molar refractivity (Wildman–Crippen MR) is 126 cm³/mol. The zero-order chi connectivity index (χ0) is 21.4. The van der Waals surface area contributed by atoms with E-state index in [0.29, 0.717) is 0 Å². The van der Waals surface area contributed by atoms with E-state index < -0.39 is 0 Å². The summed E-state index contributed by atoms with van der Waals surface area (Å²) in [5.74, 6) is 0.255. The monoisotopic (exact) mass is 431 g/mol. The fourth-order valence-electron chi connectivity index (χ4n) is 4.69. The summed E-state index contributed by atoms with van der Waals surface area (Å²) < 4.78 is 0. The van der Waals surface area contributed by atoms with Gasteiger partial charge in [0.25, 0.3) is 0 Å². The first-order chi connectivity index (χ1) is 14.5. The minimum Gasteiger partial charge on any atom is -0.353 e. The number of hydrogen-bond acceptors (Lipinski definition) is 4. The smallest absolute Gasteiger partial charge is 0.234 e. The maximum Gasteiger partial charge on any atom is 0.234 e. The molecule has 30 heavy (non-hydrogen) atoms. The van der Waals surface area contributed by atoms with Gasteiger partial charge < -0.3 is 10.6 Å². The normalized spacial score (nSPS) is 20.3. The van der Waals surface area contributed by atoms with Crippen LogP contribution in [0.3, 0.4) is 0 Å². The molecular weight excluding hydrogens is 394 g/mol. The third kappa shape index (κ3) is 6.48. The topological polar surface area (TPSA) is 61.4 Å². The molecule has 1 aliphatic heterocycles. The molecule has 1 atom stereocenters. The summed E-state index contributed by atoms with van der Waals surface area (Å²) in [6.07, 6.45) is 10.1. The zero-order valence-electron chi connectivity index (χ0n) is 18.5. The third-order valence-electron chi connectivity index (χ3n) is 6.57. The standard InChI is InChI=1S/C24H37N3O2S/c1-19-9-11-21(12-10-19)26-22(28)17-30-20(2)23(29)25-18-24(13-5-3-6-14-24)27-15-7-4-8-16-27/h9-12,20H,3-8,13-18H2,1-2H3,(H,25,29)(H,26,28)/t20-/m0/s1. The molecule has 1 aromatic carbocycles. The minimum atomic E-state index is -0.240. The number of nitrogens with zero attached hydrogens (tertiary/aromatic N) is 1. The average molecular weight is 432 g/mol. The molecule has 0 radical (unpaired) electrons. The van der Waals surface area contributed by atoms with Crippen molar-refractivity contribution in [1.82, 2.24) is 10.2 Å². The Balaban J connectivity index is 1.45. The molecule has 6 heteroatoms. The predicted octanol–water partition coefficient (Wildman–Crippen LogP) is 4.36. The molecule has 1 heterocycles. The number of rotatable bonds is 8. The van der Waals surface area contributed by atoms with E-state index in [1.807, 2.05) is 38.1 Å². The Morgan fingerprint density at radius 2 is 1.67 bits per heavy atom. The number of amides is 2. The molecule has 0 aromatic heterocycles. The Morgan fingerprint density at radius 3 is 2.33 bits per heavy atom. The third-order valence-corrected chi connectivity index (χ3v) is 7.71. The first-order valence-corrected chi connectivity index (χ1v) is 12.5. The van der Waals surface area contributed by atoms with Gasteiger partial charge in [0.2, 0.25) is 11.8 Å². The lowest BCUT2D eigenvalue weighted by Crippen LogP contribution is -2.58. The van der Waals surface area contributed by atoms with Gasteiger partial charge >= 0.3 is 0 Å². The van der Waals surface area contributed by atoms with E-state index in [4.69, 9.17) is 0 Å². The number of benzene rings is 1. The Morgan fingerprint density at radius 1 is 1.03 bits per heavy atom. The number of nitrogens with one attached hydrogen (secondary N) is 2. The second-order valence-corrected chi connectivity index (χ2v) is 10.2. The fraction of sp³-hybridized carbons (Fsp3) is 0.667. The van der Waals surface area contributed by atoms with E-state index in [1.165, 1.54) is 76.2 Å². The lowest BCUT2D eigenvalue weighted by atomic mass is 9.79. The maximum atomic E-state index is 12.7. The van der Waals surface area contributed by atoms with Gasteiger partial charge in [0, 0.05) is 17.8 Å². The number of likely N-dealkylation sites (tertiary alicyclic amines) is 1. The van der Waals surface area contributed by atoms with Gasteiger partial charge in [-0.3, -0.25) is 14.5 Å². The Kier molecular flexibility index (Phi) is 8.63. The van der Waals surface area contributed by atoms with E-state index in [1.54, 1.807) is 0 Å². The zero-order valence-corrected chi connectivity index (χ0v) is 19.4. The van der Waals surface area contributed by atoms with Crippen LogP contribution in [0, 0.1) is 6.92 Å². The van der Waals surface area contributed by atoms with Crippen molar-refractivity contribution in [3.63, 3.8) is 0 Å². The number of hydrogen-bond donors (Lipinski definition) is 2. The van der Waals surface area contributed by atoms with Crippen molar-refractivity contribution >= 4 is 29.3 Å². The second kappa shape index (κ2) is 11.2. The van der Waals surface area contributed by atoms with Gasteiger partial charge in [-0.1, -0.05) is 43.4 Å². The first-order valence-electron chi connectivity index (χ1n) is 11.5. The highest BCUT2D eigenvalue weighted by atomic mass is 32.2. The van der Waals surface area contributed by atoms with Crippen LogP contribution in [0.5, 0.6) is 0 Å². The lowest BCUT2D eigenvalue weighted by molar-refractivity contribution is -0.121. The van der Waals surface area contributed by atoms with Crippen LogP contribution in [0.2, 0.25) is 0 Å². The highest BCUT2D eigenvalue weighted by molar-refractivity contribution is 8.01. The van der Waals surface area contributed by atoms with E-state index in [0.717, 1.165) is 17.8 Å². The van der Waals surface area contributed by atoms with Crippen LogP contribution < -0.4 is 10.6 Å². The molecule has 3 rings (SSSR count). The van der Waals surface area contributed by atoms with Gasteiger partial charge in [-0.15, -0.1) is 11.8 Å². The molecule has 0 unspecified atom stereocenters. The lowest BCUT2D eigenvalue weighted by Gasteiger charge is -2.48. The van der Waals surface area contributed by atoms with E-state index >= 15 is 0 Å². The SMILES string of the molecule is Cc1ccc(NC(=O)CS[C@@H](C)C(=O)NCC2(N3CCCCC3)CCCCC2)cc1. The molecule has 1 saturated carbocycles. The molecule has 0 spiro atoms. The van der Waals surface area contributed by atoms with Gasteiger partial charge in [-0.25, -0.2) is 0 Å².